The number of amides is 1. The highest BCUT2D eigenvalue weighted by molar-refractivity contribution is 5.77. The molecule has 1 saturated carbocycles. The molecule has 0 aromatic heterocycles. The minimum atomic E-state index is -0.0524. The van der Waals surface area contributed by atoms with E-state index in [2.05, 4.69) is 9.80 Å². The Hall–Kier alpha value is -1.42. The Morgan fingerprint density at radius 2 is 1.88 bits per heavy atom. The molecule has 3 fully saturated rings. The van der Waals surface area contributed by atoms with Crippen LogP contribution in [0.4, 0.5) is 4.39 Å². The fourth-order valence-electron chi connectivity index (χ4n) is 5.26. The fraction of sp³-hybridized carbons (Fsp3) is 0.682. The molecule has 1 amide bonds. The van der Waals surface area contributed by atoms with Gasteiger partial charge in [-0.1, -0.05) is 31.0 Å². The summed E-state index contributed by atoms with van der Waals surface area (Å²) in [5.41, 5.74) is 1.85. The molecule has 4 rings (SSSR count). The third-order valence-corrected chi connectivity index (χ3v) is 7.04. The Bertz CT molecular complexity index is 660. The van der Waals surface area contributed by atoms with Gasteiger partial charge in [-0.25, -0.2) is 4.39 Å². The molecular formula is C22H31FN2O. The summed E-state index contributed by atoms with van der Waals surface area (Å²) in [6.07, 6.45) is 8.98. The molecule has 1 spiro atoms. The van der Waals surface area contributed by atoms with Crippen molar-refractivity contribution >= 4 is 5.91 Å². The number of nitrogens with zero attached hydrogens (tertiary/aromatic N) is 2. The van der Waals surface area contributed by atoms with Crippen LogP contribution in [0.3, 0.4) is 0 Å². The maximum Gasteiger partial charge on any atom is 0.222 e. The lowest BCUT2D eigenvalue weighted by Crippen LogP contribution is -2.53. The van der Waals surface area contributed by atoms with Gasteiger partial charge in [-0.2, -0.15) is 0 Å². The lowest BCUT2D eigenvalue weighted by atomic mass is 9.72. The van der Waals surface area contributed by atoms with E-state index in [-0.39, 0.29) is 5.82 Å². The number of hydrogen-bond donors (Lipinski definition) is 0. The van der Waals surface area contributed by atoms with E-state index in [9.17, 15) is 9.18 Å². The predicted octanol–water partition coefficient (Wildman–Crippen LogP) is 4.28. The molecule has 4 heteroatoms. The Balaban J connectivity index is 1.38. The van der Waals surface area contributed by atoms with Gasteiger partial charge in [-0.3, -0.25) is 9.69 Å². The maximum atomic E-state index is 14.3. The van der Waals surface area contributed by atoms with E-state index in [1.54, 1.807) is 0 Å². The van der Waals surface area contributed by atoms with E-state index < -0.39 is 0 Å². The van der Waals surface area contributed by atoms with Gasteiger partial charge in [-0.05, 0) is 63.1 Å². The average Bonchev–Trinajstić information content (AvgIpc) is 3.18. The van der Waals surface area contributed by atoms with Crippen molar-refractivity contribution in [2.75, 3.05) is 19.6 Å². The molecule has 0 unspecified atom stereocenters. The zero-order chi connectivity index (χ0) is 18.1. The summed E-state index contributed by atoms with van der Waals surface area (Å²) in [7, 11) is 0. The van der Waals surface area contributed by atoms with Gasteiger partial charge in [0, 0.05) is 31.1 Å². The largest absolute Gasteiger partial charge is 0.339 e. The summed E-state index contributed by atoms with van der Waals surface area (Å²) in [5.74, 6) is 0.329. The zero-order valence-corrected chi connectivity index (χ0v) is 16.0. The predicted molar refractivity (Wildman–Crippen MR) is 101 cm³/mol. The number of hydrogen-bond acceptors (Lipinski definition) is 2. The molecule has 3 nitrogen and oxygen atoms in total. The van der Waals surface area contributed by atoms with Crippen molar-refractivity contribution in [2.24, 2.45) is 5.41 Å². The molecule has 1 aromatic carbocycles. The quantitative estimate of drug-likeness (QED) is 0.805. The second kappa shape index (κ2) is 7.30. The molecular weight excluding hydrogens is 327 g/mol. The van der Waals surface area contributed by atoms with Crippen LogP contribution in [0.5, 0.6) is 0 Å². The minimum absolute atomic E-state index is 0.0524. The fourth-order valence-corrected chi connectivity index (χ4v) is 5.26. The number of piperidine rings is 2. The van der Waals surface area contributed by atoms with Crippen LogP contribution < -0.4 is 0 Å². The molecule has 0 bridgehead atoms. The first kappa shape index (κ1) is 18.0. The molecule has 0 radical (unpaired) electrons. The van der Waals surface area contributed by atoms with Gasteiger partial charge in [0.05, 0.1) is 0 Å². The normalized spacial score (nSPS) is 24.5. The molecule has 1 aliphatic carbocycles. The van der Waals surface area contributed by atoms with Crippen LogP contribution in [0.25, 0.3) is 0 Å². The summed E-state index contributed by atoms with van der Waals surface area (Å²) in [6, 6.07) is 6.19. The first-order valence-corrected chi connectivity index (χ1v) is 10.3. The third-order valence-electron chi connectivity index (χ3n) is 7.04. The molecule has 142 valence electrons. The SMILES string of the molecule is Cc1cccc(CN2CCC3(CCC(=O)N(C4CCCC4)C3)CC2)c1F. The Morgan fingerprint density at radius 3 is 2.62 bits per heavy atom. The lowest BCUT2D eigenvalue weighted by Gasteiger charge is -2.49. The van der Waals surface area contributed by atoms with Gasteiger partial charge in [0.15, 0.2) is 0 Å². The number of carbonyl (C=O) groups is 1. The molecule has 3 aliphatic rings. The van der Waals surface area contributed by atoms with Gasteiger partial charge >= 0.3 is 0 Å². The van der Waals surface area contributed by atoms with E-state index in [1.165, 1.54) is 25.7 Å². The van der Waals surface area contributed by atoms with Crippen molar-refractivity contribution in [2.45, 2.75) is 70.9 Å². The smallest absolute Gasteiger partial charge is 0.222 e. The summed E-state index contributed by atoms with van der Waals surface area (Å²) >= 11 is 0. The molecule has 1 aromatic rings. The van der Waals surface area contributed by atoms with E-state index in [4.69, 9.17) is 0 Å². The molecule has 2 aliphatic heterocycles. The van der Waals surface area contributed by atoms with Crippen LogP contribution in [-0.2, 0) is 11.3 Å². The van der Waals surface area contributed by atoms with Crippen molar-refractivity contribution in [3.05, 3.63) is 35.1 Å². The second-order valence-corrected chi connectivity index (χ2v) is 8.78. The topological polar surface area (TPSA) is 23.6 Å². The number of rotatable bonds is 3. The number of halogens is 1. The second-order valence-electron chi connectivity index (χ2n) is 8.78. The average molecular weight is 359 g/mol. The van der Waals surface area contributed by atoms with Crippen molar-refractivity contribution in [1.82, 2.24) is 9.80 Å². The molecule has 0 N–H and O–H groups in total. The van der Waals surface area contributed by atoms with Crippen molar-refractivity contribution in [3.63, 3.8) is 0 Å². The highest BCUT2D eigenvalue weighted by atomic mass is 19.1. The first-order chi connectivity index (χ1) is 12.6. The summed E-state index contributed by atoms with van der Waals surface area (Å²) < 4.78 is 14.3. The van der Waals surface area contributed by atoms with E-state index in [1.807, 2.05) is 25.1 Å². The highest BCUT2D eigenvalue weighted by Gasteiger charge is 2.43. The molecule has 26 heavy (non-hydrogen) atoms. The van der Waals surface area contributed by atoms with Crippen molar-refractivity contribution < 1.29 is 9.18 Å². The first-order valence-electron chi connectivity index (χ1n) is 10.3. The minimum Gasteiger partial charge on any atom is -0.339 e. The number of aryl methyl sites for hydroxylation is 1. The van der Waals surface area contributed by atoms with E-state index in [0.29, 0.717) is 23.9 Å². The zero-order valence-electron chi connectivity index (χ0n) is 16.0. The van der Waals surface area contributed by atoms with Crippen LogP contribution in [0.1, 0.15) is 62.5 Å². The van der Waals surface area contributed by atoms with Crippen LogP contribution in [0.2, 0.25) is 0 Å². The molecule has 0 atom stereocenters. The summed E-state index contributed by atoms with van der Waals surface area (Å²) in [6.45, 7) is 5.53. The van der Waals surface area contributed by atoms with Gasteiger partial charge in [0.1, 0.15) is 5.82 Å². The van der Waals surface area contributed by atoms with E-state index >= 15 is 0 Å². The Labute approximate surface area is 156 Å². The van der Waals surface area contributed by atoms with Gasteiger partial charge in [0.25, 0.3) is 0 Å². The van der Waals surface area contributed by atoms with Gasteiger partial charge in [-0.15, -0.1) is 0 Å². The van der Waals surface area contributed by atoms with Gasteiger partial charge < -0.3 is 4.90 Å². The third kappa shape index (κ3) is 3.53. The standard InChI is InChI=1S/C22H31FN2O/c1-17-5-4-6-18(21(17)23)15-24-13-11-22(12-14-24)10-9-20(26)25(16-22)19-7-2-3-8-19/h4-6,19H,2-3,7-16H2,1H3. The lowest BCUT2D eigenvalue weighted by molar-refractivity contribution is -0.142. The van der Waals surface area contributed by atoms with Crippen LogP contribution in [-0.4, -0.2) is 41.4 Å². The monoisotopic (exact) mass is 358 g/mol. The summed E-state index contributed by atoms with van der Waals surface area (Å²) in [4.78, 5) is 17.1. The molecule has 2 heterocycles. The highest BCUT2D eigenvalue weighted by Crippen LogP contribution is 2.42. The number of likely N-dealkylation sites (tertiary alicyclic amines) is 2. The summed E-state index contributed by atoms with van der Waals surface area (Å²) in [5, 5.41) is 0. The van der Waals surface area contributed by atoms with E-state index in [0.717, 1.165) is 56.4 Å². The molecule has 2 saturated heterocycles. The van der Waals surface area contributed by atoms with Crippen LogP contribution in [0.15, 0.2) is 18.2 Å². The number of carbonyl (C=O) groups excluding carboxylic acids is 1. The van der Waals surface area contributed by atoms with Crippen LogP contribution >= 0.6 is 0 Å². The van der Waals surface area contributed by atoms with Crippen molar-refractivity contribution in [3.8, 4) is 0 Å². The maximum absolute atomic E-state index is 14.3. The Kier molecular flexibility index (Phi) is 5.05. The van der Waals surface area contributed by atoms with Crippen LogP contribution in [0, 0.1) is 18.2 Å². The van der Waals surface area contributed by atoms with Gasteiger partial charge in [0.2, 0.25) is 5.91 Å². The Morgan fingerprint density at radius 1 is 1.15 bits per heavy atom. The van der Waals surface area contributed by atoms with Crippen molar-refractivity contribution in [1.29, 1.82) is 0 Å². The number of benzene rings is 1.